The van der Waals surface area contributed by atoms with E-state index in [-0.39, 0.29) is 24.0 Å². The molecular weight excluding hydrogens is 1240 g/mol. The van der Waals surface area contributed by atoms with Crippen LogP contribution in [0.1, 0.15) is 211 Å². The van der Waals surface area contributed by atoms with Crippen LogP contribution in [-0.2, 0) is 42.8 Å². The van der Waals surface area contributed by atoms with Gasteiger partial charge in [0, 0.05) is 38.0 Å². The van der Waals surface area contributed by atoms with Crippen molar-refractivity contribution in [2.45, 2.75) is 200 Å². The summed E-state index contributed by atoms with van der Waals surface area (Å²) in [5.74, 6) is 1.73. The van der Waals surface area contributed by atoms with Crippen LogP contribution in [0.25, 0.3) is 51.6 Å². The number of carbonyl (C=O) groups excluding carboxylic acids is 3. The Labute approximate surface area is 594 Å². The summed E-state index contributed by atoms with van der Waals surface area (Å²) < 4.78 is 52.3. The van der Waals surface area contributed by atoms with Gasteiger partial charge < -0.3 is 42.6 Å². The van der Waals surface area contributed by atoms with Gasteiger partial charge >= 0.3 is 17.9 Å². The first-order valence-corrected chi connectivity index (χ1v) is 37.6. The van der Waals surface area contributed by atoms with Crippen molar-refractivity contribution < 1.29 is 57.0 Å². The summed E-state index contributed by atoms with van der Waals surface area (Å²) in [6, 6.07) is 48.9. The van der Waals surface area contributed by atoms with E-state index in [1.807, 2.05) is 72.8 Å². The molecule has 0 saturated carbocycles. The first kappa shape index (κ1) is 80.2. The molecule has 0 aliphatic carbocycles. The Kier molecular flexibility index (Phi) is 42.4. The third-order valence-electron chi connectivity index (χ3n) is 17.0. The number of benzene rings is 6. The van der Waals surface area contributed by atoms with Crippen LogP contribution in [0, 0.1) is 0 Å². The van der Waals surface area contributed by atoms with Crippen LogP contribution in [0.15, 0.2) is 164 Å². The molecule has 0 N–H and O–H groups in total. The maximum absolute atomic E-state index is 12.4. The highest BCUT2D eigenvalue weighted by atomic mass is 16.6. The first-order valence-electron chi connectivity index (χ1n) is 37.6. The fourth-order valence-electron chi connectivity index (χ4n) is 11.2. The van der Waals surface area contributed by atoms with Crippen molar-refractivity contribution >= 4 is 36.1 Å². The second-order valence-electron chi connectivity index (χ2n) is 25.6. The van der Waals surface area contributed by atoms with Gasteiger partial charge in [0.2, 0.25) is 0 Å². The fraction of sp³-hybridized carbons (Fsp3) is 0.483. The number of hydrogen-bond acceptors (Lipinski definition) is 12. The molecule has 0 aliphatic heterocycles. The van der Waals surface area contributed by atoms with Crippen LogP contribution in [-0.4, -0.2) is 96.7 Å². The van der Waals surface area contributed by atoms with Crippen molar-refractivity contribution in [3.63, 3.8) is 0 Å². The molecule has 536 valence electrons. The van der Waals surface area contributed by atoms with Gasteiger partial charge in [-0.05, 0) is 162 Å². The second-order valence-corrected chi connectivity index (χ2v) is 25.6. The number of ether oxygens (including phenoxy) is 9. The quantitative estimate of drug-likeness (QED) is 0.0156. The van der Waals surface area contributed by atoms with Gasteiger partial charge in [0.25, 0.3) is 0 Å². The summed E-state index contributed by atoms with van der Waals surface area (Å²) >= 11 is 0. The molecule has 0 spiro atoms. The van der Waals surface area contributed by atoms with Crippen LogP contribution < -0.4 is 14.2 Å². The minimum atomic E-state index is -0.306. The van der Waals surface area contributed by atoms with E-state index in [0.29, 0.717) is 59.5 Å². The van der Waals surface area contributed by atoms with E-state index >= 15 is 0 Å². The van der Waals surface area contributed by atoms with Crippen LogP contribution in [0.4, 0.5) is 0 Å². The van der Waals surface area contributed by atoms with Gasteiger partial charge in [-0.3, -0.25) is 0 Å². The number of carbonyl (C=O) groups is 3. The zero-order valence-electron chi connectivity index (χ0n) is 60.2. The van der Waals surface area contributed by atoms with Crippen molar-refractivity contribution in [2.75, 3.05) is 72.7 Å². The van der Waals surface area contributed by atoms with Crippen molar-refractivity contribution in [3.05, 3.63) is 181 Å². The van der Waals surface area contributed by atoms with E-state index in [0.717, 1.165) is 196 Å². The van der Waals surface area contributed by atoms with Gasteiger partial charge in [-0.25, -0.2) is 14.4 Å². The molecule has 0 atom stereocenters. The number of hydrogen-bond donors (Lipinski definition) is 0. The summed E-state index contributed by atoms with van der Waals surface area (Å²) in [4.78, 5) is 37.2. The smallest absolute Gasteiger partial charge is 0.330 e. The molecule has 6 aromatic rings. The predicted molar refractivity (Wildman–Crippen MR) is 405 cm³/mol. The maximum Gasteiger partial charge on any atom is 0.330 e. The first-order chi connectivity index (χ1) is 48.8. The third kappa shape index (κ3) is 36.8. The van der Waals surface area contributed by atoms with Gasteiger partial charge in [0.1, 0.15) is 23.4 Å². The van der Waals surface area contributed by atoms with E-state index in [2.05, 4.69) is 93.6 Å². The minimum absolute atomic E-state index is 0.0798. The van der Waals surface area contributed by atoms with Crippen LogP contribution in [0.2, 0.25) is 0 Å². The Bertz CT molecular complexity index is 2990. The minimum Gasteiger partial charge on any atom is -0.494 e. The fourth-order valence-corrected chi connectivity index (χ4v) is 11.2. The van der Waals surface area contributed by atoms with E-state index in [4.69, 9.17) is 42.6 Å². The lowest BCUT2D eigenvalue weighted by Crippen LogP contribution is -2.26. The van der Waals surface area contributed by atoms with Crippen LogP contribution >= 0.6 is 0 Å². The van der Waals surface area contributed by atoms with E-state index in [1.54, 1.807) is 18.2 Å². The molecule has 0 saturated heterocycles. The Balaban J connectivity index is 0.763. The van der Waals surface area contributed by atoms with E-state index < -0.39 is 0 Å². The summed E-state index contributed by atoms with van der Waals surface area (Å²) in [6.07, 6.45) is 39.2. The maximum atomic E-state index is 12.4. The average Bonchev–Trinajstić information content (AvgIpc) is 1.07. The lowest BCUT2D eigenvalue weighted by molar-refractivity contribution is -0.138. The topological polar surface area (TPSA) is 134 Å². The Morgan fingerprint density at radius 3 is 0.747 bits per heavy atom. The molecule has 6 rings (SSSR count). The van der Waals surface area contributed by atoms with E-state index in [1.165, 1.54) is 76.0 Å². The third-order valence-corrected chi connectivity index (χ3v) is 17.0. The summed E-state index contributed by atoms with van der Waals surface area (Å²) in [5, 5.41) is 0. The average molecular weight is 1350 g/mol. The Hall–Kier alpha value is -7.77. The molecule has 0 aromatic heterocycles. The highest BCUT2D eigenvalue weighted by molar-refractivity contribution is 5.88. The summed E-state index contributed by atoms with van der Waals surface area (Å²) in [6.45, 7) is 13.0. The molecule has 99 heavy (non-hydrogen) atoms. The highest BCUT2D eigenvalue weighted by Gasteiger charge is 2.12. The van der Waals surface area contributed by atoms with Gasteiger partial charge in [-0.1, -0.05) is 246 Å². The molecule has 12 nitrogen and oxygen atoms in total. The van der Waals surface area contributed by atoms with Crippen molar-refractivity contribution in [2.24, 2.45) is 0 Å². The molecule has 0 fully saturated rings. The zero-order chi connectivity index (χ0) is 69.7. The van der Waals surface area contributed by atoms with Crippen LogP contribution in [0.5, 0.6) is 17.2 Å². The molecule has 6 aromatic carbocycles. The number of unbranched alkanes of at least 4 members (excludes halogenated alkanes) is 21. The molecule has 0 bridgehead atoms. The molecule has 0 amide bonds. The monoisotopic (exact) mass is 1350 g/mol. The summed E-state index contributed by atoms with van der Waals surface area (Å²) in [5.41, 5.74) is 9.56. The van der Waals surface area contributed by atoms with E-state index in [9.17, 15) is 14.4 Å². The van der Waals surface area contributed by atoms with Gasteiger partial charge in [-0.15, -0.1) is 0 Å². The van der Waals surface area contributed by atoms with Crippen molar-refractivity contribution in [3.8, 4) is 50.6 Å². The lowest BCUT2D eigenvalue weighted by Gasteiger charge is -2.18. The Morgan fingerprint density at radius 1 is 0.273 bits per heavy atom. The van der Waals surface area contributed by atoms with Crippen LogP contribution in [0.3, 0.4) is 0 Å². The largest absolute Gasteiger partial charge is 0.494 e. The summed E-state index contributed by atoms with van der Waals surface area (Å²) in [7, 11) is 0. The van der Waals surface area contributed by atoms with Gasteiger partial charge in [0.05, 0.1) is 52.9 Å². The van der Waals surface area contributed by atoms with Gasteiger partial charge in [0.15, 0.2) is 0 Å². The van der Waals surface area contributed by atoms with Crippen molar-refractivity contribution in [1.82, 2.24) is 0 Å². The second kappa shape index (κ2) is 52.3. The molecule has 0 unspecified atom stereocenters. The molecule has 12 heteroatoms. The Morgan fingerprint density at radius 2 is 0.495 bits per heavy atom. The zero-order valence-corrected chi connectivity index (χ0v) is 60.2. The normalized spacial score (nSPS) is 11.5. The molecule has 0 heterocycles. The number of esters is 3. The van der Waals surface area contributed by atoms with Crippen molar-refractivity contribution in [1.29, 1.82) is 0 Å². The molecule has 0 radical (unpaired) electrons. The lowest BCUT2D eigenvalue weighted by atomic mass is 10.0. The predicted octanol–water partition coefficient (Wildman–Crippen LogP) is 21.9. The number of rotatable bonds is 56. The SMILES string of the molecule is CCCOc1ccc(-c2ccc(/C=C/C(=O)OCCCCCCCCCCOCC(COCCCCCCCCCCOC(=O)/C=C/c3ccc(-c4ccc(OCCC)cc4)cc3)OCCCCCCCCCCOC(=O)/C=C/c3ccc(-c4ccc(OCCC)cc4)cc3)cc2)cc1. The highest BCUT2D eigenvalue weighted by Crippen LogP contribution is 2.27. The van der Waals surface area contributed by atoms with Gasteiger partial charge in [-0.2, -0.15) is 0 Å². The molecule has 0 aliphatic rings. The standard InChI is InChI=1S/C87H116O12/c1-4-61-93-81-52-46-78(47-53-81)75-40-31-72(32-41-75)37-58-85(88)97-67-28-22-16-9-7-13-19-25-64-91-70-84(96-66-27-21-15-11-12-18-24-30-69-99-87(90)60-39-74-35-44-77(45-36-74)80-50-56-83(57-51-80)95-63-6-3)71-92-65-26-20-14-8-10-17-23-29-68-98-86(89)59-38-73-33-42-76(43-34-73)79-48-54-82(55-49-79)94-62-5-2/h31-60,84H,4-30,61-71H2,1-3H3/b58-37+,59-38+,60-39+. The molecular formula is C87H116O12.